The van der Waals surface area contributed by atoms with Crippen LogP contribution in [0.5, 0.6) is 0 Å². The molecule has 1 aliphatic rings. The van der Waals surface area contributed by atoms with E-state index in [-0.39, 0.29) is 18.1 Å². The first kappa shape index (κ1) is 14.4. The number of hydrogen-bond acceptors (Lipinski definition) is 3. The predicted molar refractivity (Wildman–Crippen MR) is 76.3 cm³/mol. The molecule has 1 N–H and O–H groups in total. The maximum Gasteiger partial charge on any atom is 0.277 e. The number of pyridine rings is 1. The number of ether oxygens (including phenoxy) is 1. The first-order valence-electron chi connectivity index (χ1n) is 6.70. The number of nitrogens with zero attached hydrogens (tertiary/aromatic N) is 2. The summed E-state index contributed by atoms with van der Waals surface area (Å²) in [6.45, 7) is 4.02. The molecular formula is C15H20N3O2+. The molecule has 0 aliphatic carbocycles. The van der Waals surface area contributed by atoms with Crippen molar-refractivity contribution in [2.24, 2.45) is 12.1 Å². The molecule has 1 aliphatic heterocycles. The highest BCUT2D eigenvalue weighted by molar-refractivity contribution is 5.94. The minimum Gasteiger partial charge on any atom is -0.371 e. The molecule has 0 spiro atoms. The number of hydrogen-bond donors (Lipinski definition) is 1. The number of nitrogens with one attached hydrogen (secondary N) is 1. The van der Waals surface area contributed by atoms with E-state index in [1.807, 2.05) is 37.7 Å². The lowest BCUT2D eigenvalue weighted by Gasteiger charge is -2.23. The second-order valence-electron chi connectivity index (χ2n) is 4.99. The van der Waals surface area contributed by atoms with Crippen molar-refractivity contribution in [1.82, 2.24) is 5.43 Å². The number of rotatable bonds is 3. The molecule has 1 aromatic rings. The lowest BCUT2D eigenvalue weighted by molar-refractivity contribution is -0.671. The van der Waals surface area contributed by atoms with Gasteiger partial charge in [0.1, 0.15) is 12.6 Å². The van der Waals surface area contributed by atoms with Gasteiger partial charge < -0.3 is 4.74 Å². The van der Waals surface area contributed by atoms with E-state index in [0.717, 1.165) is 12.0 Å². The van der Waals surface area contributed by atoms with Crippen molar-refractivity contribution in [3.63, 3.8) is 0 Å². The van der Waals surface area contributed by atoms with Crippen LogP contribution in [0, 0.1) is 0 Å². The highest BCUT2D eigenvalue weighted by Gasteiger charge is 2.16. The zero-order valence-corrected chi connectivity index (χ0v) is 12.0. The monoisotopic (exact) mass is 274 g/mol. The van der Waals surface area contributed by atoms with Crippen LogP contribution in [-0.4, -0.2) is 24.3 Å². The van der Waals surface area contributed by atoms with Crippen LogP contribution in [0.15, 0.2) is 41.3 Å². The minimum absolute atomic E-state index is 0.00827. The van der Waals surface area contributed by atoms with Crippen LogP contribution in [-0.2, 0) is 11.8 Å². The van der Waals surface area contributed by atoms with Gasteiger partial charge in [0, 0.05) is 6.07 Å². The summed E-state index contributed by atoms with van der Waals surface area (Å²) in [5.74, 6) is -0.226. The number of hydrazone groups is 1. The third kappa shape index (κ3) is 3.74. The fraction of sp³-hybridized carbons (Fsp3) is 0.400. The number of aromatic nitrogens is 1. The average molecular weight is 274 g/mol. The second-order valence-corrected chi connectivity index (χ2v) is 4.99. The maximum atomic E-state index is 11.9. The summed E-state index contributed by atoms with van der Waals surface area (Å²) < 4.78 is 7.50. The van der Waals surface area contributed by atoms with Crippen molar-refractivity contribution >= 4 is 12.1 Å². The number of amides is 1. The van der Waals surface area contributed by atoms with Crippen LogP contribution < -0.4 is 9.99 Å². The molecule has 2 atom stereocenters. The van der Waals surface area contributed by atoms with Crippen LogP contribution in [0.1, 0.15) is 30.6 Å². The van der Waals surface area contributed by atoms with E-state index in [1.54, 1.807) is 18.5 Å². The third-order valence-corrected chi connectivity index (χ3v) is 3.17. The van der Waals surface area contributed by atoms with Gasteiger partial charge in [-0.05, 0) is 31.9 Å². The molecule has 0 radical (unpaired) electrons. The Hall–Kier alpha value is -2.01. The third-order valence-electron chi connectivity index (χ3n) is 3.17. The van der Waals surface area contributed by atoms with Crippen molar-refractivity contribution in [2.75, 3.05) is 0 Å². The molecule has 0 fully saturated rings. The molecule has 1 aromatic heterocycles. The highest BCUT2D eigenvalue weighted by atomic mass is 16.5. The molecule has 2 unspecified atom stereocenters. The maximum absolute atomic E-state index is 11.9. The van der Waals surface area contributed by atoms with E-state index in [0.29, 0.717) is 5.56 Å². The van der Waals surface area contributed by atoms with Crippen LogP contribution in [0.25, 0.3) is 0 Å². The molecule has 1 amide bonds. The van der Waals surface area contributed by atoms with Crippen molar-refractivity contribution in [3.8, 4) is 0 Å². The Balaban J connectivity index is 1.95. The predicted octanol–water partition coefficient (Wildman–Crippen LogP) is 1.35. The van der Waals surface area contributed by atoms with Crippen LogP contribution in [0.4, 0.5) is 0 Å². The summed E-state index contributed by atoms with van der Waals surface area (Å²) in [5, 5.41) is 3.99. The van der Waals surface area contributed by atoms with Gasteiger partial charge in [-0.15, -0.1) is 0 Å². The summed E-state index contributed by atoms with van der Waals surface area (Å²) in [6.07, 6.45) is 8.48. The zero-order chi connectivity index (χ0) is 14.5. The Morgan fingerprint density at radius 1 is 1.55 bits per heavy atom. The lowest BCUT2D eigenvalue weighted by Crippen LogP contribution is -2.30. The van der Waals surface area contributed by atoms with Gasteiger partial charge in [-0.1, -0.05) is 6.08 Å². The standard InChI is InChI=1S/C15H19N3O2/c1-11-6-7-13(12(2)20-11)9-16-17-15(19)14-5-4-8-18(3)10-14/h4-5,7-12H,6H2,1-3H3/p+1. The summed E-state index contributed by atoms with van der Waals surface area (Å²) in [7, 11) is 1.87. The SMILES string of the molecule is CC1CC=C(C=NNC(=O)c2ccc[n+](C)c2)C(C)O1. The van der Waals surface area contributed by atoms with Gasteiger partial charge >= 0.3 is 0 Å². The van der Waals surface area contributed by atoms with Crippen molar-refractivity contribution in [3.05, 3.63) is 41.7 Å². The molecule has 5 nitrogen and oxygen atoms in total. The summed E-state index contributed by atoms with van der Waals surface area (Å²) in [4.78, 5) is 11.9. The fourth-order valence-electron chi connectivity index (χ4n) is 2.06. The Morgan fingerprint density at radius 3 is 3.05 bits per heavy atom. The van der Waals surface area contributed by atoms with Gasteiger partial charge in [0.2, 0.25) is 0 Å². The lowest BCUT2D eigenvalue weighted by atomic mass is 10.1. The Morgan fingerprint density at radius 2 is 2.35 bits per heavy atom. The quantitative estimate of drug-likeness (QED) is 0.514. The molecule has 0 saturated heterocycles. The molecule has 0 saturated carbocycles. The van der Waals surface area contributed by atoms with Crippen molar-refractivity contribution in [1.29, 1.82) is 0 Å². The molecule has 2 rings (SSSR count). The first-order valence-corrected chi connectivity index (χ1v) is 6.70. The van der Waals surface area contributed by atoms with E-state index >= 15 is 0 Å². The Kier molecular flexibility index (Phi) is 4.63. The van der Waals surface area contributed by atoms with Gasteiger partial charge in [-0.3, -0.25) is 4.79 Å². The summed E-state index contributed by atoms with van der Waals surface area (Å²) in [6, 6.07) is 3.57. The van der Waals surface area contributed by atoms with Gasteiger partial charge in [-0.2, -0.15) is 5.10 Å². The molecule has 2 heterocycles. The molecule has 5 heteroatoms. The Bertz CT molecular complexity index is 552. The van der Waals surface area contributed by atoms with Gasteiger partial charge in [-0.25, -0.2) is 9.99 Å². The molecule has 0 aromatic carbocycles. The van der Waals surface area contributed by atoms with E-state index in [2.05, 4.69) is 16.6 Å². The van der Waals surface area contributed by atoms with Crippen molar-refractivity contribution in [2.45, 2.75) is 32.5 Å². The Labute approximate surface area is 119 Å². The summed E-state index contributed by atoms with van der Waals surface area (Å²) in [5.41, 5.74) is 4.09. The topological polar surface area (TPSA) is 54.6 Å². The summed E-state index contributed by atoms with van der Waals surface area (Å²) >= 11 is 0. The largest absolute Gasteiger partial charge is 0.371 e. The zero-order valence-electron chi connectivity index (χ0n) is 12.0. The average Bonchev–Trinajstić information content (AvgIpc) is 2.41. The first-order chi connectivity index (χ1) is 9.56. The smallest absolute Gasteiger partial charge is 0.277 e. The van der Waals surface area contributed by atoms with E-state index < -0.39 is 0 Å². The van der Waals surface area contributed by atoms with Crippen LogP contribution >= 0.6 is 0 Å². The number of carbonyl (C=O) groups is 1. The normalized spacial score (nSPS) is 22.6. The van der Waals surface area contributed by atoms with Gasteiger partial charge in [0.05, 0.1) is 18.4 Å². The molecule has 20 heavy (non-hydrogen) atoms. The van der Waals surface area contributed by atoms with Crippen LogP contribution in [0.2, 0.25) is 0 Å². The molecule has 106 valence electrons. The van der Waals surface area contributed by atoms with Crippen molar-refractivity contribution < 1.29 is 14.1 Å². The molecule has 0 bridgehead atoms. The molecular weight excluding hydrogens is 254 g/mol. The van der Waals surface area contributed by atoms with E-state index in [1.165, 1.54) is 0 Å². The fourth-order valence-corrected chi connectivity index (χ4v) is 2.06. The van der Waals surface area contributed by atoms with Gasteiger partial charge in [0.15, 0.2) is 12.4 Å². The van der Waals surface area contributed by atoms with E-state index in [4.69, 9.17) is 4.74 Å². The minimum atomic E-state index is -0.226. The number of aryl methyl sites for hydroxylation is 1. The van der Waals surface area contributed by atoms with E-state index in [9.17, 15) is 4.79 Å². The second kappa shape index (κ2) is 6.43. The van der Waals surface area contributed by atoms with Crippen LogP contribution in [0.3, 0.4) is 0 Å². The highest BCUT2D eigenvalue weighted by Crippen LogP contribution is 2.17. The number of carbonyl (C=O) groups excluding carboxylic acids is 1. The van der Waals surface area contributed by atoms with Gasteiger partial charge in [0.25, 0.3) is 5.91 Å².